The van der Waals surface area contributed by atoms with Crippen molar-refractivity contribution in [2.75, 3.05) is 26.0 Å². The summed E-state index contributed by atoms with van der Waals surface area (Å²) in [4.78, 5) is 12.4. The molecule has 1 saturated carbocycles. The van der Waals surface area contributed by atoms with Crippen LogP contribution in [0.4, 0.5) is 5.82 Å². The lowest BCUT2D eigenvalue weighted by atomic mass is 9.96. The highest BCUT2D eigenvalue weighted by molar-refractivity contribution is 7.87. The van der Waals surface area contributed by atoms with Gasteiger partial charge in [0.05, 0.1) is 5.82 Å². The lowest BCUT2D eigenvalue weighted by molar-refractivity contribution is 0.397. The smallest absolute Gasteiger partial charge is 0.278 e. The summed E-state index contributed by atoms with van der Waals surface area (Å²) in [6.45, 7) is 4.53. The number of rotatable bonds is 11. The fraction of sp³-hybridized carbons (Fsp3) is 0.579. The summed E-state index contributed by atoms with van der Waals surface area (Å²) in [5.41, 5.74) is 0.337. The number of aromatic nitrogens is 1. The standard InChI is InChI=1S/C19H32N6O3S/c1-15(22-17-8-5-4-6-9-17)23-19-16(14-20)10-11-18(26)25(19)13-7-12-21-29(27,28)24(2)3/h10-11,14,17,20-23H,1,4-9,12-13H2,2-3H3. The van der Waals surface area contributed by atoms with Crippen molar-refractivity contribution in [3.05, 3.63) is 40.4 Å². The van der Waals surface area contributed by atoms with E-state index in [2.05, 4.69) is 21.9 Å². The minimum absolute atomic E-state index is 0.197. The van der Waals surface area contributed by atoms with Crippen LogP contribution in [-0.2, 0) is 16.8 Å². The molecule has 0 radical (unpaired) electrons. The minimum Gasteiger partial charge on any atom is -0.369 e. The van der Waals surface area contributed by atoms with E-state index >= 15 is 0 Å². The van der Waals surface area contributed by atoms with E-state index in [4.69, 9.17) is 5.41 Å². The molecule has 10 heteroatoms. The van der Waals surface area contributed by atoms with Crippen LogP contribution in [0.5, 0.6) is 0 Å². The summed E-state index contributed by atoms with van der Waals surface area (Å²) < 4.78 is 28.7. The van der Waals surface area contributed by atoms with Gasteiger partial charge in [0.2, 0.25) is 0 Å². The first kappa shape index (κ1) is 23.1. The topological polar surface area (TPSA) is 119 Å². The van der Waals surface area contributed by atoms with E-state index in [0.717, 1.165) is 17.1 Å². The normalized spacial score (nSPS) is 15.3. The van der Waals surface area contributed by atoms with E-state index in [1.807, 2.05) is 0 Å². The highest BCUT2D eigenvalue weighted by Crippen LogP contribution is 2.19. The van der Waals surface area contributed by atoms with Gasteiger partial charge in [-0.3, -0.25) is 9.36 Å². The minimum atomic E-state index is -3.50. The van der Waals surface area contributed by atoms with Crippen LogP contribution in [0.25, 0.3) is 0 Å². The van der Waals surface area contributed by atoms with E-state index in [1.165, 1.54) is 50.2 Å². The first-order valence-corrected chi connectivity index (χ1v) is 11.3. The predicted octanol–water partition coefficient (Wildman–Crippen LogP) is 1.44. The number of hydrogen-bond acceptors (Lipinski definition) is 6. The molecule has 29 heavy (non-hydrogen) atoms. The molecule has 0 atom stereocenters. The third kappa shape index (κ3) is 6.69. The molecule has 1 aromatic rings. The second kappa shape index (κ2) is 10.6. The Morgan fingerprint density at radius 2 is 2.00 bits per heavy atom. The van der Waals surface area contributed by atoms with E-state index in [1.54, 1.807) is 6.07 Å². The zero-order valence-electron chi connectivity index (χ0n) is 17.2. The molecule has 1 aromatic heterocycles. The maximum atomic E-state index is 12.4. The summed E-state index contributed by atoms with van der Waals surface area (Å²) in [6, 6.07) is 3.36. The van der Waals surface area contributed by atoms with Gasteiger partial charge in [-0.05, 0) is 25.3 Å². The van der Waals surface area contributed by atoms with Gasteiger partial charge in [0.15, 0.2) is 0 Å². The summed E-state index contributed by atoms with van der Waals surface area (Å²) in [5, 5.41) is 14.2. The SMILES string of the molecule is C=C(Nc1c(C=N)ccc(=O)n1CCCNS(=O)(=O)N(C)C)NC1CCCCC1. The summed E-state index contributed by atoms with van der Waals surface area (Å²) in [6.07, 6.45) is 7.42. The number of pyridine rings is 1. The van der Waals surface area contributed by atoms with Crippen LogP contribution < -0.4 is 20.9 Å². The fourth-order valence-electron chi connectivity index (χ4n) is 3.31. The highest BCUT2D eigenvalue weighted by Gasteiger charge is 2.16. The third-order valence-electron chi connectivity index (χ3n) is 4.95. The van der Waals surface area contributed by atoms with Gasteiger partial charge in [0, 0.05) is 51.1 Å². The fourth-order valence-corrected chi connectivity index (χ4v) is 3.97. The van der Waals surface area contributed by atoms with Crippen LogP contribution in [0, 0.1) is 5.41 Å². The highest BCUT2D eigenvalue weighted by atomic mass is 32.2. The molecule has 1 heterocycles. The molecule has 4 N–H and O–H groups in total. The van der Waals surface area contributed by atoms with Crippen molar-refractivity contribution in [3.8, 4) is 0 Å². The van der Waals surface area contributed by atoms with Gasteiger partial charge in [-0.25, -0.2) is 4.72 Å². The Labute approximate surface area is 172 Å². The average Bonchev–Trinajstić information content (AvgIpc) is 2.67. The van der Waals surface area contributed by atoms with E-state index < -0.39 is 10.2 Å². The van der Waals surface area contributed by atoms with Gasteiger partial charge in [-0.1, -0.05) is 25.8 Å². The van der Waals surface area contributed by atoms with Gasteiger partial charge in [0.25, 0.3) is 15.8 Å². The number of nitrogens with one attached hydrogen (secondary N) is 4. The maximum absolute atomic E-state index is 12.4. The summed E-state index contributed by atoms with van der Waals surface area (Å²) >= 11 is 0. The van der Waals surface area contributed by atoms with Crippen molar-refractivity contribution in [2.45, 2.75) is 51.1 Å². The molecule has 1 aliphatic rings. The van der Waals surface area contributed by atoms with Crippen molar-refractivity contribution < 1.29 is 8.42 Å². The van der Waals surface area contributed by atoms with Gasteiger partial charge < -0.3 is 16.0 Å². The van der Waals surface area contributed by atoms with Crippen molar-refractivity contribution in [1.82, 2.24) is 18.9 Å². The van der Waals surface area contributed by atoms with Gasteiger partial charge in [-0.2, -0.15) is 12.7 Å². The average molecular weight is 425 g/mol. The lowest BCUT2D eigenvalue weighted by Crippen LogP contribution is -2.37. The van der Waals surface area contributed by atoms with Crippen LogP contribution >= 0.6 is 0 Å². The Hall–Kier alpha value is -2.17. The molecule has 0 aromatic carbocycles. The number of nitrogens with zero attached hydrogens (tertiary/aromatic N) is 2. The Morgan fingerprint density at radius 3 is 2.62 bits per heavy atom. The Morgan fingerprint density at radius 1 is 1.31 bits per heavy atom. The molecule has 0 unspecified atom stereocenters. The molecule has 2 rings (SSSR count). The zero-order chi connectivity index (χ0) is 21.4. The predicted molar refractivity (Wildman–Crippen MR) is 117 cm³/mol. The van der Waals surface area contributed by atoms with E-state index in [-0.39, 0.29) is 12.1 Å². The van der Waals surface area contributed by atoms with Crippen LogP contribution in [0.15, 0.2) is 29.3 Å². The number of anilines is 1. The van der Waals surface area contributed by atoms with Crippen molar-refractivity contribution >= 4 is 22.2 Å². The molecule has 0 amide bonds. The van der Waals surface area contributed by atoms with Crippen molar-refractivity contribution in [3.63, 3.8) is 0 Å². The maximum Gasteiger partial charge on any atom is 0.278 e. The summed E-state index contributed by atoms with van der Waals surface area (Å²) in [7, 11) is -0.598. The molecule has 1 fully saturated rings. The third-order valence-corrected chi connectivity index (χ3v) is 6.48. The van der Waals surface area contributed by atoms with Gasteiger partial charge >= 0.3 is 0 Å². The van der Waals surface area contributed by atoms with Crippen LogP contribution in [0.1, 0.15) is 44.1 Å². The molecule has 0 spiro atoms. The first-order chi connectivity index (χ1) is 13.7. The second-order valence-corrected chi connectivity index (χ2v) is 9.36. The molecule has 0 saturated heterocycles. The van der Waals surface area contributed by atoms with Gasteiger partial charge in [-0.15, -0.1) is 0 Å². The molecule has 162 valence electrons. The molecule has 0 bridgehead atoms. The van der Waals surface area contributed by atoms with Gasteiger partial charge in [0.1, 0.15) is 5.82 Å². The van der Waals surface area contributed by atoms with Crippen molar-refractivity contribution in [2.24, 2.45) is 0 Å². The van der Waals surface area contributed by atoms with E-state index in [9.17, 15) is 13.2 Å². The Kier molecular flexibility index (Phi) is 8.42. The molecule has 9 nitrogen and oxygen atoms in total. The lowest BCUT2D eigenvalue weighted by Gasteiger charge is -2.26. The Balaban J connectivity index is 2.08. The monoisotopic (exact) mass is 424 g/mol. The second-order valence-electron chi connectivity index (χ2n) is 7.39. The summed E-state index contributed by atoms with van der Waals surface area (Å²) in [5.74, 6) is 1.07. The molecule has 1 aliphatic carbocycles. The van der Waals surface area contributed by atoms with Crippen LogP contribution in [0.3, 0.4) is 0 Å². The van der Waals surface area contributed by atoms with E-state index in [0.29, 0.717) is 36.2 Å². The zero-order valence-corrected chi connectivity index (χ0v) is 18.0. The van der Waals surface area contributed by atoms with Crippen LogP contribution in [0.2, 0.25) is 0 Å². The molecule has 0 aliphatic heterocycles. The number of hydrogen-bond donors (Lipinski definition) is 4. The van der Waals surface area contributed by atoms with Crippen molar-refractivity contribution in [1.29, 1.82) is 5.41 Å². The van der Waals surface area contributed by atoms with Crippen LogP contribution in [-0.4, -0.2) is 50.2 Å². The largest absolute Gasteiger partial charge is 0.369 e. The molecular formula is C19H32N6O3S. The Bertz CT molecular complexity index is 872. The first-order valence-electron chi connectivity index (χ1n) is 9.88. The quantitative estimate of drug-likeness (QED) is 0.317. The molecular weight excluding hydrogens is 392 g/mol.